The largest absolute Gasteiger partial charge is 0.449 e. The minimum Gasteiger partial charge on any atom is -0.449 e. The number of ether oxygens (including phenoxy) is 1. The van der Waals surface area contributed by atoms with E-state index in [1.807, 2.05) is 6.07 Å². The lowest BCUT2D eigenvalue weighted by Crippen LogP contribution is -2.44. The number of amides is 2. The molecule has 2 aliphatic rings. The SMILES string of the molecule is O=C1Nc2cc(C(=O)NC3CCN(Cc4ccccc4)CC3)ccc2OC1=Cc1ccc(Cl)cc1. The van der Waals surface area contributed by atoms with Crippen molar-refractivity contribution in [3.8, 4) is 5.75 Å². The maximum absolute atomic E-state index is 12.9. The predicted octanol–water partition coefficient (Wildman–Crippen LogP) is 5.11. The molecule has 1 fully saturated rings. The van der Waals surface area contributed by atoms with Crippen LogP contribution in [0.3, 0.4) is 0 Å². The summed E-state index contributed by atoms with van der Waals surface area (Å²) in [6, 6.07) is 22.8. The molecule has 35 heavy (non-hydrogen) atoms. The van der Waals surface area contributed by atoms with Gasteiger partial charge in [-0.2, -0.15) is 0 Å². The van der Waals surface area contributed by atoms with Crippen LogP contribution in [0.25, 0.3) is 6.08 Å². The number of halogens is 1. The van der Waals surface area contributed by atoms with Crippen molar-refractivity contribution in [1.29, 1.82) is 0 Å². The van der Waals surface area contributed by atoms with Crippen molar-refractivity contribution in [2.24, 2.45) is 0 Å². The molecule has 3 aromatic rings. The fourth-order valence-corrected chi connectivity index (χ4v) is 4.48. The zero-order valence-corrected chi connectivity index (χ0v) is 19.9. The van der Waals surface area contributed by atoms with Crippen LogP contribution in [-0.2, 0) is 11.3 Å². The van der Waals surface area contributed by atoms with Crippen LogP contribution in [0.2, 0.25) is 5.02 Å². The number of benzene rings is 3. The van der Waals surface area contributed by atoms with Crippen LogP contribution in [0, 0.1) is 0 Å². The normalized spacial score (nSPS) is 17.4. The highest BCUT2D eigenvalue weighted by Crippen LogP contribution is 2.32. The van der Waals surface area contributed by atoms with Gasteiger partial charge in [-0.25, -0.2) is 0 Å². The maximum Gasteiger partial charge on any atom is 0.291 e. The van der Waals surface area contributed by atoms with Gasteiger partial charge < -0.3 is 15.4 Å². The Hall–Kier alpha value is -3.61. The van der Waals surface area contributed by atoms with Crippen LogP contribution in [0.5, 0.6) is 5.75 Å². The number of anilines is 1. The molecule has 0 radical (unpaired) electrons. The van der Waals surface area contributed by atoms with Crippen molar-refractivity contribution in [3.05, 3.63) is 100 Å². The lowest BCUT2D eigenvalue weighted by atomic mass is 10.0. The van der Waals surface area contributed by atoms with Gasteiger partial charge >= 0.3 is 0 Å². The second kappa shape index (κ2) is 10.3. The molecule has 2 aliphatic heterocycles. The van der Waals surface area contributed by atoms with Gasteiger partial charge in [0.1, 0.15) is 0 Å². The van der Waals surface area contributed by atoms with Gasteiger partial charge in [0.25, 0.3) is 11.8 Å². The molecule has 1 saturated heterocycles. The van der Waals surface area contributed by atoms with Gasteiger partial charge in [-0.1, -0.05) is 54.1 Å². The summed E-state index contributed by atoms with van der Waals surface area (Å²) in [7, 11) is 0. The molecular weight excluding hydrogens is 462 g/mol. The summed E-state index contributed by atoms with van der Waals surface area (Å²) in [5.74, 6) is 0.164. The van der Waals surface area contributed by atoms with Crippen LogP contribution < -0.4 is 15.4 Å². The summed E-state index contributed by atoms with van der Waals surface area (Å²) in [5, 5.41) is 6.59. The van der Waals surface area contributed by atoms with Crippen LogP contribution in [0.15, 0.2) is 78.6 Å². The van der Waals surface area contributed by atoms with E-state index in [1.54, 1.807) is 48.5 Å². The Labute approximate surface area is 209 Å². The standard InChI is InChI=1S/C28H26ClN3O3/c29-22-9-6-19(7-10-22)16-26-28(34)31-24-17-21(8-11-25(24)35-26)27(33)30-23-12-14-32(15-13-23)18-20-4-2-1-3-5-20/h1-11,16-17,23H,12-15,18H2,(H,30,33)(H,31,34). The Morgan fingerprint density at radius 2 is 1.80 bits per heavy atom. The van der Waals surface area contributed by atoms with Crippen molar-refractivity contribution < 1.29 is 14.3 Å². The molecule has 0 atom stereocenters. The van der Waals surface area contributed by atoms with E-state index in [0.29, 0.717) is 22.0 Å². The molecule has 0 aromatic heterocycles. The third-order valence-corrected chi connectivity index (χ3v) is 6.53. The van der Waals surface area contributed by atoms with Crippen LogP contribution in [0.4, 0.5) is 5.69 Å². The zero-order chi connectivity index (χ0) is 24.2. The quantitative estimate of drug-likeness (QED) is 0.491. The van der Waals surface area contributed by atoms with Crippen molar-refractivity contribution in [2.45, 2.75) is 25.4 Å². The lowest BCUT2D eigenvalue weighted by molar-refractivity contribution is -0.115. The number of fused-ring (bicyclic) bond motifs is 1. The number of nitrogens with zero attached hydrogens (tertiary/aromatic N) is 1. The fraction of sp³-hybridized carbons (Fsp3) is 0.214. The number of piperidine rings is 1. The number of likely N-dealkylation sites (tertiary alicyclic amines) is 1. The molecule has 5 rings (SSSR count). The zero-order valence-electron chi connectivity index (χ0n) is 19.2. The highest BCUT2D eigenvalue weighted by molar-refractivity contribution is 6.30. The van der Waals surface area contributed by atoms with E-state index in [2.05, 4.69) is 39.8 Å². The summed E-state index contributed by atoms with van der Waals surface area (Å²) in [5.41, 5.74) is 3.08. The molecule has 7 heteroatoms. The molecule has 2 heterocycles. The van der Waals surface area contributed by atoms with Crippen LogP contribution in [0.1, 0.15) is 34.3 Å². The summed E-state index contributed by atoms with van der Waals surface area (Å²) in [6.07, 6.45) is 3.46. The molecule has 0 aliphatic carbocycles. The molecule has 178 valence electrons. The Kier molecular flexibility index (Phi) is 6.84. The lowest BCUT2D eigenvalue weighted by Gasteiger charge is -2.32. The first-order chi connectivity index (χ1) is 17.0. The van der Waals surface area contributed by atoms with Gasteiger partial charge in [0, 0.05) is 36.3 Å². The molecule has 2 amide bonds. The Bertz CT molecular complexity index is 1250. The molecule has 6 nitrogen and oxygen atoms in total. The predicted molar refractivity (Wildman–Crippen MR) is 137 cm³/mol. The number of hydrogen-bond acceptors (Lipinski definition) is 4. The van der Waals surface area contributed by atoms with Crippen molar-refractivity contribution >= 4 is 35.2 Å². The number of carbonyl (C=O) groups excluding carboxylic acids is 2. The van der Waals surface area contributed by atoms with E-state index in [0.717, 1.165) is 38.0 Å². The highest BCUT2D eigenvalue weighted by Gasteiger charge is 2.25. The number of carbonyl (C=O) groups is 2. The fourth-order valence-electron chi connectivity index (χ4n) is 4.36. The third-order valence-electron chi connectivity index (χ3n) is 6.27. The smallest absolute Gasteiger partial charge is 0.291 e. The Balaban J connectivity index is 1.18. The second-order valence-electron chi connectivity index (χ2n) is 8.84. The summed E-state index contributed by atoms with van der Waals surface area (Å²) in [6.45, 7) is 2.81. The van der Waals surface area contributed by atoms with Gasteiger partial charge in [0.15, 0.2) is 11.5 Å². The van der Waals surface area contributed by atoms with Gasteiger partial charge in [0.05, 0.1) is 5.69 Å². The van der Waals surface area contributed by atoms with E-state index in [9.17, 15) is 9.59 Å². The molecule has 0 spiro atoms. The highest BCUT2D eigenvalue weighted by atomic mass is 35.5. The van der Waals surface area contributed by atoms with Crippen molar-refractivity contribution in [2.75, 3.05) is 18.4 Å². The van der Waals surface area contributed by atoms with Gasteiger partial charge in [-0.3, -0.25) is 14.5 Å². The Morgan fingerprint density at radius 1 is 1.06 bits per heavy atom. The van der Waals surface area contributed by atoms with Crippen molar-refractivity contribution in [1.82, 2.24) is 10.2 Å². The molecular formula is C28H26ClN3O3. The van der Waals surface area contributed by atoms with Gasteiger partial charge in [0.2, 0.25) is 0 Å². The van der Waals surface area contributed by atoms with Crippen LogP contribution in [-0.4, -0.2) is 35.8 Å². The minimum absolute atomic E-state index is 0.130. The average molecular weight is 488 g/mol. The first-order valence-electron chi connectivity index (χ1n) is 11.7. The minimum atomic E-state index is -0.365. The van der Waals surface area contributed by atoms with Gasteiger partial charge in [-0.05, 0) is 60.4 Å². The number of nitrogens with one attached hydrogen (secondary N) is 2. The molecule has 0 unspecified atom stereocenters. The molecule has 3 aromatic carbocycles. The summed E-state index contributed by atoms with van der Waals surface area (Å²) < 4.78 is 5.80. The topological polar surface area (TPSA) is 70.7 Å². The van der Waals surface area contributed by atoms with E-state index < -0.39 is 0 Å². The summed E-state index contributed by atoms with van der Waals surface area (Å²) >= 11 is 5.92. The number of hydrogen-bond donors (Lipinski definition) is 2. The second-order valence-corrected chi connectivity index (χ2v) is 9.27. The average Bonchev–Trinajstić information content (AvgIpc) is 2.87. The van der Waals surface area contributed by atoms with Gasteiger partial charge in [-0.15, -0.1) is 0 Å². The monoisotopic (exact) mass is 487 g/mol. The summed E-state index contributed by atoms with van der Waals surface area (Å²) in [4.78, 5) is 27.9. The third kappa shape index (κ3) is 5.73. The number of rotatable bonds is 5. The van der Waals surface area contributed by atoms with E-state index in [-0.39, 0.29) is 23.6 Å². The molecule has 0 bridgehead atoms. The van der Waals surface area contributed by atoms with Crippen molar-refractivity contribution in [3.63, 3.8) is 0 Å². The molecule has 0 saturated carbocycles. The van der Waals surface area contributed by atoms with Crippen LogP contribution >= 0.6 is 11.6 Å². The molecule has 2 N–H and O–H groups in total. The van der Waals surface area contributed by atoms with E-state index in [1.165, 1.54) is 5.56 Å². The first-order valence-corrected chi connectivity index (χ1v) is 12.1. The Morgan fingerprint density at radius 3 is 2.54 bits per heavy atom. The van der Waals surface area contributed by atoms with E-state index in [4.69, 9.17) is 16.3 Å². The maximum atomic E-state index is 12.9. The first kappa shape index (κ1) is 23.1. The van der Waals surface area contributed by atoms with E-state index >= 15 is 0 Å².